The van der Waals surface area contributed by atoms with E-state index in [1.165, 1.54) is 24.3 Å². The van der Waals surface area contributed by atoms with E-state index in [1.54, 1.807) is 18.2 Å². The lowest BCUT2D eigenvalue weighted by Crippen LogP contribution is -2.23. The van der Waals surface area contributed by atoms with E-state index in [4.69, 9.17) is 0 Å². The fraction of sp³-hybridized carbons (Fsp3) is 0.111. The molecule has 0 saturated heterocycles. The van der Waals surface area contributed by atoms with Crippen molar-refractivity contribution in [3.8, 4) is 0 Å². The van der Waals surface area contributed by atoms with Gasteiger partial charge in [-0.1, -0.05) is 18.2 Å². The number of rotatable bonds is 6. The Kier molecular flexibility index (Phi) is 6.62. The molecule has 0 saturated carbocycles. The molecule has 3 aromatic rings. The van der Waals surface area contributed by atoms with Crippen LogP contribution >= 0.6 is 15.9 Å². The fourth-order valence-corrected chi connectivity index (χ4v) is 2.75. The number of aryl methyl sites for hydroxylation is 1. The molecule has 0 fully saturated rings. The first-order valence-electron chi connectivity index (χ1n) is 8.28. The highest BCUT2D eigenvalue weighted by atomic mass is 79.9. The number of aromatic nitrogens is 2. The molecule has 0 spiro atoms. The molecule has 3 rings (SSSR count). The molecule has 0 atom stereocenters. The smallest absolute Gasteiger partial charge is 0.226 e. The summed E-state index contributed by atoms with van der Waals surface area (Å²) < 4.78 is 31.8. The van der Waals surface area contributed by atoms with Crippen LogP contribution in [0.3, 0.4) is 0 Å². The molecule has 8 nitrogen and oxygen atoms in total. The summed E-state index contributed by atoms with van der Waals surface area (Å²) in [6.07, 6.45) is 0.166. The van der Waals surface area contributed by atoms with Crippen molar-refractivity contribution in [2.24, 2.45) is 4.99 Å². The van der Waals surface area contributed by atoms with Gasteiger partial charge < -0.3 is 5.32 Å². The molecule has 3 N–H and O–H groups in total. The Bertz CT molecular complexity index is 1060. The van der Waals surface area contributed by atoms with E-state index in [2.05, 4.69) is 41.2 Å². The summed E-state index contributed by atoms with van der Waals surface area (Å²) in [7, 11) is 0. The average Bonchev–Trinajstić information content (AvgIpc) is 3.16. The third kappa shape index (κ3) is 5.21. The van der Waals surface area contributed by atoms with Gasteiger partial charge in [-0.2, -0.15) is 0 Å². The summed E-state index contributed by atoms with van der Waals surface area (Å²) >= 11 is 3.04. The number of carbonyl (C=O) groups is 1. The van der Waals surface area contributed by atoms with E-state index < -0.39 is 17.5 Å². The molecule has 1 aromatic heterocycles. The topological polar surface area (TPSA) is 113 Å². The Morgan fingerprint density at radius 3 is 2.69 bits per heavy atom. The molecule has 0 unspecified atom stereocenters. The SMILES string of the molecule is O=C(CCc1ccccc1F)Nc1nonc1C(=Nc1ccc(F)c(Br)c1)NO. The number of nitrogens with one attached hydrogen (secondary N) is 2. The molecule has 150 valence electrons. The van der Waals surface area contributed by atoms with Gasteiger partial charge >= 0.3 is 0 Å². The van der Waals surface area contributed by atoms with Crippen LogP contribution in [0.15, 0.2) is 56.6 Å². The molecular formula is C18H14BrF2N5O3. The van der Waals surface area contributed by atoms with E-state index in [-0.39, 0.29) is 40.3 Å². The Hall–Kier alpha value is -3.18. The molecule has 0 aliphatic rings. The van der Waals surface area contributed by atoms with Gasteiger partial charge in [0.05, 0.1) is 10.2 Å². The van der Waals surface area contributed by atoms with Crippen LogP contribution in [0.25, 0.3) is 0 Å². The molecule has 1 amide bonds. The third-order valence-electron chi connectivity index (χ3n) is 3.80. The van der Waals surface area contributed by atoms with Crippen molar-refractivity contribution in [1.82, 2.24) is 15.8 Å². The average molecular weight is 466 g/mol. The first-order valence-corrected chi connectivity index (χ1v) is 9.07. The number of hydrogen-bond acceptors (Lipinski definition) is 6. The van der Waals surface area contributed by atoms with Crippen LogP contribution in [-0.2, 0) is 11.2 Å². The van der Waals surface area contributed by atoms with Crippen molar-refractivity contribution < 1.29 is 23.4 Å². The molecule has 0 radical (unpaired) electrons. The second-order valence-corrected chi connectivity index (χ2v) is 6.63. The highest BCUT2D eigenvalue weighted by Gasteiger charge is 2.19. The van der Waals surface area contributed by atoms with Gasteiger partial charge in [0.1, 0.15) is 11.6 Å². The Morgan fingerprint density at radius 1 is 1.17 bits per heavy atom. The summed E-state index contributed by atoms with van der Waals surface area (Å²) in [5.74, 6) is -1.62. The lowest BCUT2D eigenvalue weighted by molar-refractivity contribution is -0.116. The zero-order valence-electron chi connectivity index (χ0n) is 14.7. The quantitative estimate of drug-likeness (QED) is 0.290. The van der Waals surface area contributed by atoms with Crippen molar-refractivity contribution in [1.29, 1.82) is 0 Å². The number of halogens is 3. The Labute approximate surface area is 171 Å². The van der Waals surface area contributed by atoms with E-state index in [1.807, 2.05) is 5.48 Å². The standard InChI is InChI=1S/C18H14BrF2N5O3/c19-12-9-11(6-7-14(12)21)22-17(24-28)16-18(26-29-25-16)23-15(27)8-5-10-3-1-2-4-13(10)20/h1-4,6-7,9,28H,5,8H2,(H,22,24)(H,23,26,27). The molecule has 0 bridgehead atoms. The number of hydroxylamine groups is 1. The van der Waals surface area contributed by atoms with Crippen LogP contribution in [-0.4, -0.2) is 27.3 Å². The van der Waals surface area contributed by atoms with Crippen LogP contribution < -0.4 is 10.8 Å². The van der Waals surface area contributed by atoms with Gasteiger partial charge in [0.2, 0.25) is 11.7 Å². The predicted octanol–water partition coefficient (Wildman–Crippen LogP) is 3.74. The van der Waals surface area contributed by atoms with E-state index in [9.17, 15) is 18.8 Å². The van der Waals surface area contributed by atoms with Crippen LogP contribution in [0.2, 0.25) is 0 Å². The van der Waals surface area contributed by atoms with Gasteiger partial charge in [-0.15, -0.1) is 0 Å². The van der Waals surface area contributed by atoms with E-state index in [0.29, 0.717) is 5.56 Å². The summed E-state index contributed by atoms with van der Waals surface area (Å²) in [5.41, 5.74) is 2.46. The van der Waals surface area contributed by atoms with Gasteiger partial charge in [0.15, 0.2) is 11.5 Å². The second-order valence-electron chi connectivity index (χ2n) is 5.77. The van der Waals surface area contributed by atoms with Crippen molar-refractivity contribution in [2.75, 3.05) is 5.32 Å². The minimum absolute atomic E-state index is 0.0167. The maximum Gasteiger partial charge on any atom is 0.226 e. The maximum atomic E-state index is 13.6. The first kappa shape index (κ1) is 20.6. The van der Waals surface area contributed by atoms with Crippen LogP contribution in [0, 0.1) is 11.6 Å². The minimum atomic E-state index is -0.478. The number of amides is 1. The van der Waals surface area contributed by atoms with Crippen molar-refractivity contribution in [2.45, 2.75) is 12.8 Å². The van der Waals surface area contributed by atoms with Crippen molar-refractivity contribution in [3.63, 3.8) is 0 Å². The lowest BCUT2D eigenvalue weighted by atomic mass is 10.1. The molecule has 1 heterocycles. The number of amidine groups is 1. The first-order chi connectivity index (χ1) is 14.0. The normalized spacial score (nSPS) is 11.4. The molecular weight excluding hydrogens is 452 g/mol. The van der Waals surface area contributed by atoms with Gasteiger partial charge in [0.25, 0.3) is 0 Å². The molecule has 11 heteroatoms. The number of benzene rings is 2. The summed E-state index contributed by atoms with van der Waals surface area (Å²) in [6, 6.07) is 10.1. The number of hydrogen-bond donors (Lipinski definition) is 3. The van der Waals surface area contributed by atoms with Gasteiger partial charge in [-0.25, -0.2) is 18.4 Å². The monoisotopic (exact) mass is 465 g/mol. The number of carbonyl (C=O) groups excluding carboxylic acids is 1. The minimum Gasteiger partial charge on any atom is -0.306 e. The van der Waals surface area contributed by atoms with Crippen LogP contribution in [0.4, 0.5) is 20.3 Å². The molecule has 0 aliphatic carbocycles. The van der Waals surface area contributed by atoms with Gasteiger partial charge in [0, 0.05) is 6.42 Å². The largest absolute Gasteiger partial charge is 0.306 e. The summed E-state index contributed by atoms with van der Waals surface area (Å²) in [4.78, 5) is 16.3. The Morgan fingerprint density at radius 2 is 1.97 bits per heavy atom. The van der Waals surface area contributed by atoms with Crippen molar-refractivity contribution in [3.05, 3.63) is 69.8 Å². The highest BCUT2D eigenvalue weighted by molar-refractivity contribution is 9.10. The predicted molar refractivity (Wildman–Crippen MR) is 103 cm³/mol. The zero-order chi connectivity index (χ0) is 20.8. The van der Waals surface area contributed by atoms with E-state index in [0.717, 1.165) is 0 Å². The molecule has 29 heavy (non-hydrogen) atoms. The second kappa shape index (κ2) is 9.34. The number of aliphatic imine (C=N–C) groups is 1. The lowest BCUT2D eigenvalue weighted by Gasteiger charge is -2.06. The fourth-order valence-electron chi connectivity index (χ4n) is 2.38. The van der Waals surface area contributed by atoms with Crippen LogP contribution in [0.1, 0.15) is 17.7 Å². The highest BCUT2D eigenvalue weighted by Crippen LogP contribution is 2.23. The summed E-state index contributed by atoms with van der Waals surface area (Å²) in [5, 5.41) is 19.1. The summed E-state index contributed by atoms with van der Waals surface area (Å²) in [6.45, 7) is 0. The maximum absolute atomic E-state index is 13.6. The van der Waals surface area contributed by atoms with E-state index >= 15 is 0 Å². The third-order valence-corrected chi connectivity index (χ3v) is 4.41. The van der Waals surface area contributed by atoms with Crippen molar-refractivity contribution >= 4 is 39.2 Å². The van der Waals surface area contributed by atoms with Gasteiger partial charge in [-0.3, -0.25) is 15.5 Å². The number of anilines is 1. The van der Waals surface area contributed by atoms with Gasteiger partial charge in [-0.05, 0) is 62.5 Å². The molecule has 0 aliphatic heterocycles. The molecule has 2 aromatic carbocycles. The number of nitrogens with zero attached hydrogens (tertiary/aromatic N) is 3. The zero-order valence-corrected chi connectivity index (χ0v) is 16.3. The Balaban J connectivity index is 1.73. The van der Waals surface area contributed by atoms with Crippen LogP contribution in [0.5, 0.6) is 0 Å².